The molecule has 0 saturated heterocycles. The minimum Gasteiger partial charge on any atom is -0.258 e. The van der Waals surface area contributed by atoms with Crippen LogP contribution in [-0.4, -0.2) is 18.6 Å². The summed E-state index contributed by atoms with van der Waals surface area (Å²) >= 11 is 0. The predicted molar refractivity (Wildman–Crippen MR) is 69.4 cm³/mol. The lowest BCUT2D eigenvalue weighted by Crippen LogP contribution is -2.19. The standard InChI is InChI=1S/C12H17NO4S/c1-4-9(3)18(16,17)12-8-6-7-11(13(14)15)10(12)5-2/h6-9H,4-5H2,1-3H3. The molecule has 1 aromatic rings. The van der Waals surface area contributed by atoms with Crippen molar-refractivity contribution < 1.29 is 13.3 Å². The highest BCUT2D eigenvalue weighted by Gasteiger charge is 2.28. The van der Waals surface area contributed by atoms with Gasteiger partial charge in [0, 0.05) is 11.6 Å². The fourth-order valence-corrected chi connectivity index (χ4v) is 3.52. The van der Waals surface area contributed by atoms with Gasteiger partial charge in [-0.3, -0.25) is 10.1 Å². The Balaban J connectivity index is 3.52. The number of sulfone groups is 1. The molecule has 0 N–H and O–H groups in total. The number of nitro benzene ring substituents is 1. The van der Waals surface area contributed by atoms with Crippen LogP contribution in [-0.2, 0) is 16.3 Å². The zero-order chi connectivity index (χ0) is 13.9. The number of nitrogens with zero attached hydrogens (tertiary/aromatic N) is 1. The van der Waals surface area contributed by atoms with Crippen LogP contribution in [0.4, 0.5) is 5.69 Å². The lowest BCUT2D eigenvalue weighted by molar-refractivity contribution is -0.385. The van der Waals surface area contributed by atoms with Crippen molar-refractivity contribution in [1.29, 1.82) is 0 Å². The van der Waals surface area contributed by atoms with Crippen molar-refractivity contribution in [2.75, 3.05) is 0 Å². The molecule has 0 saturated carbocycles. The van der Waals surface area contributed by atoms with Crippen LogP contribution in [0.3, 0.4) is 0 Å². The van der Waals surface area contributed by atoms with Crippen molar-refractivity contribution in [2.45, 2.75) is 43.8 Å². The monoisotopic (exact) mass is 271 g/mol. The number of rotatable bonds is 5. The van der Waals surface area contributed by atoms with Gasteiger partial charge in [-0.25, -0.2) is 8.42 Å². The summed E-state index contributed by atoms with van der Waals surface area (Å²) in [7, 11) is -3.49. The van der Waals surface area contributed by atoms with E-state index < -0.39 is 20.0 Å². The van der Waals surface area contributed by atoms with Crippen LogP contribution in [0.15, 0.2) is 23.1 Å². The van der Waals surface area contributed by atoms with Gasteiger partial charge in [-0.2, -0.15) is 0 Å². The summed E-state index contributed by atoms with van der Waals surface area (Å²) in [5.41, 5.74) is 0.171. The van der Waals surface area contributed by atoms with E-state index in [4.69, 9.17) is 0 Å². The second kappa shape index (κ2) is 5.48. The molecule has 18 heavy (non-hydrogen) atoms. The predicted octanol–water partition coefficient (Wildman–Crippen LogP) is 2.73. The fraction of sp³-hybridized carbons (Fsp3) is 0.500. The van der Waals surface area contributed by atoms with Crippen LogP contribution in [0, 0.1) is 10.1 Å². The Bertz CT molecular complexity index is 551. The third kappa shape index (κ3) is 2.53. The fourth-order valence-electron chi connectivity index (χ4n) is 1.78. The number of benzene rings is 1. The molecule has 0 amide bonds. The number of hydrogen-bond donors (Lipinski definition) is 0. The van der Waals surface area contributed by atoms with E-state index >= 15 is 0 Å². The van der Waals surface area contributed by atoms with E-state index in [9.17, 15) is 18.5 Å². The van der Waals surface area contributed by atoms with Gasteiger partial charge < -0.3 is 0 Å². The molecular weight excluding hydrogens is 254 g/mol. The average Bonchev–Trinajstić information content (AvgIpc) is 2.36. The number of nitro groups is 1. The van der Waals surface area contributed by atoms with Crippen LogP contribution in [0.1, 0.15) is 32.8 Å². The minimum atomic E-state index is -3.49. The van der Waals surface area contributed by atoms with Crippen LogP contribution in [0.5, 0.6) is 0 Å². The van der Waals surface area contributed by atoms with Crippen molar-refractivity contribution in [3.8, 4) is 0 Å². The second-order valence-corrected chi connectivity index (χ2v) is 6.46. The van der Waals surface area contributed by atoms with Crippen molar-refractivity contribution in [3.05, 3.63) is 33.9 Å². The van der Waals surface area contributed by atoms with Gasteiger partial charge in [-0.15, -0.1) is 0 Å². The Morgan fingerprint density at radius 3 is 2.39 bits per heavy atom. The highest BCUT2D eigenvalue weighted by molar-refractivity contribution is 7.92. The molecule has 1 unspecified atom stereocenters. The van der Waals surface area contributed by atoms with Gasteiger partial charge >= 0.3 is 0 Å². The summed E-state index contributed by atoms with van der Waals surface area (Å²) in [6.45, 7) is 5.12. The average molecular weight is 271 g/mol. The smallest absolute Gasteiger partial charge is 0.258 e. The molecule has 1 atom stereocenters. The summed E-state index contributed by atoms with van der Waals surface area (Å²) in [6.07, 6.45) is 0.802. The Morgan fingerprint density at radius 1 is 1.33 bits per heavy atom. The highest BCUT2D eigenvalue weighted by atomic mass is 32.2. The molecule has 0 aromatic heterocycles. The first-order chi connectivity index (χ1) is 8.36. The van der Waals surface area contributed by atoms with Gasteiger partial charge in [0.1, 0.15) is 0 Å². The largest absolute Gasteiger partial charge is 0.273 e. The van der Waals surface area contributed by atoms with Crippen molar-refractivity contribution >= 4 is 15.5 Å². The van der Waals surface area contributed by atoms with Crippen LogP contribution >= 0.6 is 0 Å². The summed E-state index contributed by atoms with van der Waals surface area (Å²) in [5.74, 6) is 0. The third-order valence-corrected chi connectivity index (χ3v) is 5.46. The van der Waals surface area contributed by atoms with E-state index in [-0.39, 0.29) is 10.6 Å². The molecule has 6 heteroatoms. The molecule has 0 aliphatic heterocycles. The first-order valence-corrected chi connectivity index (χ1v) is 7.41. The van der Waals surface area contributed by atoms with Gasteiger partial charge in [0.2, 0.25) is 0 Å². The number of hydrogen-bond acceptors (Lipinski definition) is 4. The highest BCUT2D eigenvalue weighted by Crippen LogP contribution is 2.29. The third-order valence-electron chi connectivity index (χ3n) is 3.07. The first-order valence-electron chi connectivity index (χ1n) is 5.86. The molecule has 0 aliphatic carbocycles. The molecule has 0 heterocycles. The van der Waals surface area contributed by atoms with Crippen LogP contribution < -0.4 is 0 Å². The molecule has 0 radical (unpaired) electrons. The lowest BCUT2D eigenvalue weighted by Gasteiger charge is -2.13. The van der Waals surface area contributed by atoms with E-state index in [2.05, 4.69) is 0 Å². The Hall–Kier alpha value is -1.43. The van der Waals surface area contributed by atoms with E-state index in [1.807, 2.05) is 0 Å². The minimum absolute atomic E-state index is 0.0913. The quantitative estimate of drug-likeness (QED) is 0.609. The SMILES string of the molecule is CCc1c([N+](=O)[O-])cccc1S(=O)(=O)C(C)CC. The molecule has 0 aliphatic rings. The molecule has 1 aromatic carbocycles. The summed E-state index contributed by atoms with van der Waals surface area (Å²) in [4.78, 5) is 10.5. The van der Waals surface area contributed by atoms with Crippen molar-refractivity contribution in [2.24, 2.45) is 0 Å². The maximum Gasteiger partial charge on any atom is 0.273 e. The molecule has 0 fully saturated rings. The summed E-state index contributed by atoms with van der Waals surface area (Å²) in [6, 6.07) is 4.22. The van der Waals surface area contributed by atoms with Gasteiger partial charge in [-0.05, 0) is 25.8 Å². The summed E-state index contributed by atoms with van der Waals surface area (Å²) in [5, 5.41) is 10.4. The zero-order valence-electron chi connectivity index (χ0n) is 10.7. The van der Waals surface area contributed by atoms with Gasteiger partial charge in [-0.1, -0.05) is 19.9 Å². The maximum absolute atomic E-state index is 12.3. The Morgan fingerprint density at radius 2 is 1.94 bits per heavy atom. The van der Waals surface area contributed by atoms with Crippen LogP contribution in [0.25, 0.3) is 0 Å². The zero-order valence-corrected chi connectivity index (χ0v) is 11.5. The second-order valence-electron chi connectivity index (χ2n) is 4.13. The topological polar surface area (TPSA) is 77.3 Å². The molecule has 1 rings (SSSR count). The van der Waals surface area contributed by atoms with Crippen LogP contribution in [0.2, 0.25) is 0 Å². The Labute approximate surface area is 107 Å². The maximum atomic E-state index is 12.3. The first kappa shape index (κ1) is 14.6. The van der Waals surface area contributed by atoms with E-state index in [0.717, 1.165) is 0 Å². The normalized spacial score (nSPS) is 13.3. The molecule has 100 valence electrons. The summed E-state index contributed by atoms with van der Waals surface area (Å²) < 4.78 is 24.6. The molecule has 5 nitrogen and oxygen atoms in total. The van der Waals surface area contributed by atoms with E-state index in [1.54, 1.807) is 20.8 Å². The van der Waals surface area contributed by atoms with Gasteiger partial charge in [0.15, 0.2) is 9.84 Å². The molecular formula is C12H17NO4S. The van der Waals surface area contributed by atoms with Crippen molar-refractivity contribution in [3.63, 3.8) is 0 Å². The van der Waals surface area contributed by atoms with Gasteiger partial charge in [0.05, 0.1) is 15.1 Å². The van der Waals surface area contributed by atoms with E-state index in [1.165, 1.54) is 18.2 Å². The van der Waals surface area contributed by atoms with E-state index in [0.29, 0.717) is 18.4 Å². The molecule has 0 bridgehead atoms. The van der Waals surface area contributed by atoms with Crippen molar-refractivity contribution in [1.82, 2.24) is 0 Å². The molecule has 0 spiro atoms. The van der Waals surface area contributed by atoms with Gasteiger partial charge in [0.25, 0.3) is 5.69 Å². The lowest BCUT2D eigenvalue weighted by atomic mass is 10.1. The Kier molecular flexibility index (Phi) is 4.45.